The van der Waals surface area contributed by atoms with Crippen molar-refractivity contribution in [2.24, 2.45) is 17.6 Å². The van der Waals surface area contributed by atoms with Crippen molar-refractivity contribution in [3.8, 4) is 0 Å². The van der Waals surface area contributed by atoms with Gasteiger partial charge in [0, 0.05) is 24.4 Å². The molecule has 23 heavy (non-hydrogen) atoms. The molecule has 1 aromatic heterocycles. The maximum absolute atomic E-state index is 11.7. The van der Waals surface area contributed by atoms with Crippen molar-refractivity contribution in [3.63, 3.8) is 0 Å². The topological polar surface area (TPSA) is 96.4 Å². The lowest BCUT2D eigenvalue weighted by atomic mass is 9.83. The van der Waals surface area contributed by atoms with Crippen molar-refractivity contribution in [1.29, 1.82) is 0 Å². The van der Waals surface area contributed by atoms with E-state index in [0.29, 0.717) is 18.0 Å². The van der Waals surface area contributed by atoms with E-state index in [2.05, 4.69) is 11.9 Å². The number of rotatable bonds is 7. The average molecular weight is 320 g/mol. The normalized spacial score (nSPS) is 21.0. The van der Waals surface area contributed by atoms with Gasteiger partial charge in [0.1, 0.15) is 0 Å². The molecule has 1 aromatic rings. The third-order valence-electron chi connectivity index (χ3n) is 4.97. The van der Waals surface area contributed by atoms with Gasteiger partial charge in [-0.05, 0) is 48.3 Å². The monoisotopic (exact) mass is 320 g/mol. The molecule has 0 aromatic carbocycles. The number of hydrogen-bond acceptors (Lipinski definition) is 4. The fraction of sp³-hybridized carbons (Fsp3) is 0.667. The Labute approximate surface area is 137 Å². The summed E-state index contributed by atoms with van der Waals surface area (Å²) in [6, 6.07) is 1.18. The molecule has 4 N–H and O–H groups in total. The van der Waals surface area contributed by atoms with Crippen molar-refractivity contribution in [2.45, 2.75) is 64.5 Å². The van der Waals surface area contributed by atoms with Gasteiger partial charge in [-0.15, -0.1) is 0 Å². The molecule has 1 aliphatic rings. The summed E-state index contributed by atoms with van der Waals surface area (Å²) in [6.45, 7) is 6.09. The summed E-state index contributed by atoms with van der Waals surface area (Å²) in [5.74, 6) is -0.472. The van der Waals surface area contributed by atoms with Crippen LogP contribution < -0.4 is 5.73 Å². The maximum atomic E-state index is 11.7. The lowest BCUT2D eigenvalue weighted by Crippen LogP contribution is -2.56. The van der Waals surface area contributed by atoms with Gasteiger partial charge in [0.15, 0.2) is 5.60 Å². The van der Waals surface area contributed by atoms with E-state index in [1.54, 1.807) is 6.20 Å². The molecular weight excluding hydrogens is 292 g/mol. The van der Waals surface area contributed by atoms with E-state index >= 15 is 0 Å². The maximum Gasteiger partial charge on any atom is 0.337 e. The predicted octanol–water partition coefficient (Wildman–Crippen LogP) is 1.94. The number of nitrogens with two attached hydrogens (primary N) is 1. The summed E-state index contributed by atoms with van der Waals surface area (Å²) >= 11 is 0. The Balaban J connectivity index is 2.29. The summed E-state index contributed by atoms with van der Waals surface area (Å²) in [6.07, 6.45) is 5.13. The van der Waals surface area contributed by atoms with E-state index < -0.39 is 17.6 Å². The fourth-order valence-electron chi connectivity index (χ4n) is 3.46. The molecule has 0 bridgehead atoms. The Morgan fingerprint density at radius 3 is 2.74 bits per heavy atom. The van der Waals surface area contributed by atoms with Gasteiger partial charge in [0.05, 0.1) is 0 Å². The quantitative estimate of drug-likeness (QED) is 0.713. The zero-order valence-corrected chi connectivity index (χ0v) is 14.2. The van der Waals surface area contributed by atoms with Crippen molar-refractivity contribution in [1.82, 2.24) is 4.98 Å². The van der Waals surface area contributed by atoms with Gasteiger partial charge in [-0.2, -0.15) is 0 Å². The molecule has 0 saturated heterocycles. The van der Waals surface area contributed by atoms with Gasteiger partial charge in [0.2, 0.25) is 0 Å². The number of aliphatic hydroxyl groups is 1. The van der Waals surface area contributed by atoms with E-state index in [-0.39, 0.29) is 12.3 Å². The number of aliphatic carboxylic acids is 1. The van der Waals surface area contributed by atoms with Crippen LogP contribution in [0.5, 0.6) is 0 Å². The minimum absolute atomic E-state index is 0.0319. The van der Waals surface area contributed by atoms with Crippen molar-refractivity contribution in [3.05, 3.63) is 29.1 Å². The van der Waals surface area contributed by atoms with Gasteiger partial charge in [0.25, 0.3) is 0 Å². The number of carboxylic acids is 1. The molecule has 0 saturated carbocycles. The molecule has 1 unspecified atom stereocenters. The van der Waals surface area contributed by atoms with Crippen molar-refractivity contribution < 1.29 is 15.0 Å². The van der Waals surface area contributed by atoms with Gasteiger partial charge in [-0.25, -0.2) is 4.79 Å². The highest BCUT2D eigenvalue weighted by atomic mass is 16.4. The van der Waals surface area contributed by atoms with Crippen LogP contribution in [0.3, 0.4) is 0 Å². The molecule has 128 valence electrons. The molecule has 3 atom stereocenters. The van der Waals surface area contributed by atoms with Gasteiger partial charge in [-0.3, -0.25) is 4.98 Å². The standard InChI is InChI=1S/C18H28N2O3/c1-4-12-8-13-5-6-20-15(14(13)9-12)10-18(23,17(21)22)16(19)7-11(2)3/h5-6,11-12,16,23H,4,7-10,19H2,1-3H3,(H,21,22)/t12?,16-,18+/m0/s1. The number of carboxylic acid groups (broad SMARTS) is 1. The summed E-state index contributed by atoms with van der Waals surface area (Å²) in [5, 5.41) is 20.3. The van der Waals surface area contributed by atoms with Crippen molar-refractivity contribution in [2.75, 3.05) is 0 Å². The predicted molar refractivity (Wildman–Crippen MR) is 89.1 cm³/mol. The number of fused-ring (bicyclic) bond motifs is 1. The number of pyridine rings is 1. The van der Waals surface area contributed by atoms with E-state index in [1.165, 1.54) is 5.56 Å². The Morgan fingerprint density at radius 2 is 2.17 bits per heavy atom. The molecular formula is C18H28N2O3. The van der Waals surface area contributed by atoms with Crippen LogP contribution in [0.25, 0.3) is 0 Å². The zero-order chi connectivity index (χ0) is 17.2. The molecule has 1 aliphatic carbocycles. The third-order valence-corrected chi connectivity index (χ3v) is 4.97. The molecule has 5 heteroatoms. The number of nitrogens with zero attached hydrogens (tertiary/aromatic N) is 1. The second-order valence-corrected chi connectivity index (χ2v) is 7.22. The summed E-state index contributed by atoms with van der Waals surface area (Å²) in [7, 11) is 0. The first-order valence-corrected chi connectivity index (χ1v) is 8.44. The minimum Gasteiger partial charge on any atom is -0.479 e. The second kappa shape index (κ2) is 6.97. The lowest BCUT2D eigenvalue weighted by Gasteiger charge is -2.31. The lowest BCUT2D eigenvalue weighted by molar-refractivity contribution is -0.161. The van der Waals surface area contributed by atoms with E-state index in [1.807, 2.05) is 19.9 Å². The van der Waals surface area contributed by atoms with E-state index in [0.717, 1.165) is 24.8 Å². The molecule has 0 aliphatic heterocycles. The summed E-state index contributed by atoms with van der Waals surface area (Å²) in [4.78, 5) is 16.1. The molecule has 0 fully saturated rings. The Morgan fingerprint density at radius 1 is 1.48 bits per heavy atom. The number of carbonyl (C=O) groups is 1. The summed E-state index contributed by atoms with van der Waals surface area (Å²) < 4.78 is 0. The van der Waals surface area contributed by atoms with Crippen LogP contribution in [0.2, 0.25) is 0 Å². The third kappa shape index (κ3) is 3.72. The van der Waals surface area contributed by atoms with Crippen LogP contribution in [-0.2, 0) is 24.1 Å². The smallest absolute Gasteiger partial charge is 0.337 e. The highest BCUT2D eigenvalue weighted by Gasteiger charge is 2.44. The molecule has 2 rings (SSSR count). The van der Waals surface area contributed by atoms with Crippen LogP contribution in [0.4, 0.5) is 0 Å². The molecule has 0 radical (unpaired) electrons. The summed E-state index contributed by atoms with van der Waals surface area (Å²) in [5.41, 5.74) is 7.09. The second-order valence-electron chi connectivity index (χ2n) is 7.22. The zero-order valence-electron chi connectivity index (χ0n) is 14.2. The van der Waals surface area contributed by atoms with Crippen LogP contribution in [0, 0.1) is 11.8 Å². The highest BCUT2D eigenvalue weighted by Crippen LogP contribution is 2.32. The Hall–Kier alpha value is -1.46. The molecule has 0 spiro atoms. The first-order chi connectivity index (χ1) is 10.8. The molecule has 1 heterocycles. The first-order valence-electron chi connectivity index (χ1n) is 8.44. The average Bonchev–Trinajstić information content (AvgIpc) is 2.90. The SMILES string of the molecule is CCC1Cc2ccnc(C[C@](O)(C(=O)O)[C@@H](N)CC(C)C)c2C1. The Kier molecular flexibility index (Phi) is 5.42. The minimum atomic E-state index is -1.98. The largest absolute Gasteiger partial charge is 0.479 e. The first kappa shape index (κ1) is 17.9. The van der Waals surface area contributed by atoms with Crippen LogP contribution in [-0.4, -0.2) is 32.8 Å². The van der Waals surface area contributed by atoms with Crippen LogP contribution >= 0.6 is 0 Å². The highest BCUT2D eigenvalue weighted by molar-refractivity contribution is 5.78. The van der Waals surface area contributed by atoms with Gasteiger partial charge >= 0.3 is 5.97 Å². The fourth-order valence-corrected chi connectivity index (χ4v) is 3.46. The van der Waals surface area contributed by atoms with Crippen LogP contribution in [0.1, 0.15) is 50.4 Å². The van der Waals surface area contributed by atoms with Crippen molar-refractivity contribution >= 4 is 5.97 Å². The van der Waals surface area contributed by atoms with Gasteiger partial charge in [-0.1, -0.05) is 27.2 Å². The van der Waals surface area contributed by atoms with E-state index in [9.17, 15) is 15.0 Å². The Bertz CT molecular complexity index is 573. The molecule has 5 nitrogen and oxygen atoms in total. The van der Waals surface area contributed by atoms with Crippen LogP contribution in [0.15, 0.2) is 12.3 Å². The van der Waals surface area contributed by atoms with Gasteiger partial charge < -0.3 is 15.9 Å². The molecule has 0 amide bonds. The number of hydrogen-bond donors (Lipinski definition) is 3. The number of aromatic nitrogens is 1. The van der Waals surface area contributed by atoms with E-state index in [4.69, 9.17) is 5.73 Å².